The SMILES string of the molecule is C[C@@](CO)(NC(=O)NCc1ccccn1)C1CCCCC1. The summed E-state index contributed by atoms with van der Waals surface area (Å²) in [7, 11) is 0. The molecule has 1 heterocycles. The van der Waals surface area contributed by atoms with Crippen LogP contribution in [-0.4, -0.2) is 28.3 Å². The Labute approximate surface area is 126 Å². The molecule has 1 aromatic heterocycles. The van der Waals surface area contributed by atoms with E-state index in [4.69, 9.17) is 0 Å². The number of carbonyl (C=O) groups is 1. The van der Waals surface area contributed by atoms with Crippen molar-refractivity contribution in [2.45, 2.75) is 51.1 Å². The first-order valence-electron chi connectivity index (χ1n) is 7.71. The molecule has 1 saturated carbocycles. The van der Waals surface area contributed by atoms with Gasteiger partial charge in [-0.15, -0.1) is 0 Å². The van der Waals surface area contributed by atoms with E-state index in [-0.39, 0.29) is 12.6 Å². The number of amides is 2. The second-order valence-electron chi connectivity index (χ2n) is 6.04. The quantitative estimate of drug-likeness (QED) is 0.778. The lowest BCUT2D eigenvalue weighted by atomic mass is 9.76. The topological polar surface area (TPSA) is 74.2 Å². The molecule has 0 aliphatic heterocycles. The molecule has 0 spiro atoms. The third-order valence-electron chi connectivity index (χ3n) is 4.39. The molecule has 5 heteroatoms. The number of pyridine rings is 1. The van der Waals surface area contributed by atoms with E-state index < -0.39 is 5.54 Å². The molecule has 5 nitrogen and oxygen atoms in total. The summed E-state index contributed by atoms with van der Waals surface area (Å²) in [6.07, 6.45) is 7.45. The van der Waals surface area contributed by atoms with Gasteiger partial charge < -0.3 is 15.7 Å². The molecule has 3 N–H and O–H groups in total. The average Bonchev–Trinajstić information content (AvgIpc) is 2.54. The van der Waals surface area contributed by atoms with Crippen LogP contribution in [0.25, 0.3) is 0 Å². The van der Waals surface area contributed by atoms with Gasteiger partial charge in [-0.3, -0.25) is 4.98 Å². The Morgan fingerprint density at radius 3 is 2.76 bits per heavy atom. The molecule has 0 unspecified atom stereocenters. The first-order valence-corrected chi connectivity index (χ1v) is 7.71. The number of hydrogen-bond acceptors (Lipinski definition) is 3. The van der Waals surface area contributed by atoms with E-state index in [1.165, 1.54) is 19.3 Å². The zero-order chi connectivity index (χ0) is 15.1. The summed E-state index contributed by atoms with van der Waals surface area (Å²) < 4.78 is 0. The fourth-order valence-corrected chi connectivity index (χ4v) is 2.99. The second-order valence-corrected chi connectivity index (χ2v) is 6.04. The maximum atomic E-state index is 12.1. The second kappa shape index (κ2) is 7.41. The standard InChI is InChI=1S/C16H25N3O2/c1-16(12-20,13-7-3-2-4-8-13)19-15(21)18-11-14-9-5-6-10-17-14/h5-6,9-10,13,20H,2-4,7-8,11-12H2,1H3,(H2,18,19,21)/t16-/m0/s1. The Hall–Kier alpha value is -1.62. The summed E-state index contributed by atoms with van der Waals surface area (Å²) in [5.74, 6) is 0.344. The Morgan fingerprint density at radius 1 is 1.38 bits per heavy atom. The van der Waals surface area contributed by atoms with Gasteiger partial charge in [0.05, 0.1) is 24.4 Å². The lowest BCUT2D eigenvalue weighted by Crippen LogP contribution is -2.57. The maximum Gasteiger partial charge on any atom is 0.315 e. The zero-order valence-electron chi connectivity index (χ0n) is 12.6. The third-order valence-corrected chi connectivity index (χ3v) is 4.39. The molecule has 0 radical (unpaired) electrons. The average molecular weight is 291 g/mol. The number of carbonyl (C=O) groups excluding carboxylic acids is 1. The van der Waals surface area contributed by atoms with Crippen LogP contribution < -0.4 is 10.6 Å². The van der Waals surface area contributed by atoms with Crippen LogP contribution in [0.1, 0.15) is 44.7 Å². The van der Waals surface area contributed by atoms with Gasteiger partial charge >= 0.3 is 6.03 Å². The number of nitrogens with one attached hydrogen (secondary N) is 2. The Morgan fingerprint density at radius 2 is 2.14 bits per heavy atom. The van der Waals surface area contributed by atoms with Crippen LogP contribution in [0, 0.1) is 5.92 Å². The van der Waals surface area contributed by atoms with Gasteiger partial charge in [0.25, 0.3) is 0 Å². The number of aromatic nitrogens is 1. The van der Waals surface area contributed by atoms with Crippen LogP contribution in [0.4, 0.5) is 4.79 Å². The lowest BCUT2D eigenvalue weighted by Gasteiger charge is -2.39. The van der Waals surface area contributed by atoms with E-state index in [0.29, 0.717) is 12.5 Å². The minimum atomic E-state index is -0.547. The summed E-state index contributed by atoms with van der Waals surface area (Å²) in [6.45, 7) is 2.29. The summed E-state index contributed by atoms with van der Waals surface area (Å²) in [4.78, 5) is 16.2. The van der Waals surface area contributed by atoms with Gasteiger partial charge in [-0.1, -0.05) is 25.3 Å². The molecule has 21 heavy (non-hydrogen) atoms. The fourth-order valence-electron chi connectivity index (χ4n) is 2.99. The fraction of sp³-hybridized carbons (Fsp3) is 0.625. The third kappa shape index (κ3) is 4.43. The van der Waals surface area contributed by atoms with Crippen molar-refractivity contribution in [2.75, 3.05) is 6.61 Å². The summed E-state index contributed by atoms with van der Waals surface area (Å²) in [6, 6.07) is 5.35. The first-order chi connectivity index (χ1) is 10.1. The van der Waals surface area contributed by atoms with Gasteiger partial charge in [0, 0.05) is 6.20 Å². The van der Waals surface area contributed by atoms with E-state index >= 15 is 0 Å². The van der Waals surface area contributed by atoms with Crippen LogP contribution >= 0.6 is 0 Å². The number of aliphatic hydroxyl groups excluding tert-OH is 1. The van der Waals surface area contributed by atoms with Gasteiger partial charge in [-0.05, 0) is 37.8 Å². The predicted octanol–water partition coefficient (Wildman–Crippen LogP) is 2.21. The molecule has 2 amide bonds. The molecule has 0 saturated heterocycles. The summed E-state index contributed by atoms with van der Waals surface area (Å²) in [5, 5.41) is 15.5. The number of aliphatic hydroxyl groups is 1. The smallest absolute Gasteiger partial charge is 0.315 e. The van der Waals surface area contributed by atoms with Crippen molar-refractivity contribution in [1.29, 1.82) is 0 Å². The van der Waals surface area contributed by atoms with Crippen LogP contribution in [0.2, 0.25) is 0 Å². The van der Waals surface area contributed by atoms with E-state index in [1.807, 2.05) is 25.1 Å². The van der Waals surface area contributed by atoms with E-state index in [2.05, 4.69) is 15.6 Å². The molecule has 2 rings (SSSR count). The highest BCUT2D eigenvalue weighted by Crippen LogP contribution is 2.32. The molecule has 0 bridgehead atoms. The predicted molar refractivity (Wildman–Crippen MR) is 81.7 cm³/mol. The molecule has 1 fully saturated rings. The summed E-state index contributed by atoms with van der Waals surface area (Å²) >= 11 is 0. The van der Waals surface area contributed by atoms with Crippen molar-refractivity contribution in [3.05, 3.63) is 30.1 Å². The molecule has 1 aliphatic carbocycles. The molecule has 1 aromatic rings. The highest BCUT2D eigenvalue weighted by molar-refractivity contribution is 5.74. The van der Waals surface area contributed by atoms with Gasteiger partial charge in [-0.2, -0.15) is 0 Å². The Kier molecular flexibility index (Phi) is 5.56. The Balaban J connectivity index is 1.86. The van der Waals surface area contributed by atoms with Crippen LogP contribution in [0.3, 0.4) is 0 Å². The van der Waals surface area contributed by atoms with Crippen molar-refractivity contribution >= 4 is 6.03 Å². The number of hydrogen-bond donors (Lipinski definition) is 3. The van der Waals surface area contributed by atoms with E-state index in [9.17, 15) is 9.90 Å². The molecule has 0 aromatic carbocycles. The van der Waals surface area contributed by atoms with Crippen molar-refractivity contribution in [1.82, 2.24) is 15.6 Å². The normalized spacial score (nSPS) is 18.8. The van der Waals surface area contributed by atoms with Gasteiger partial charge in [0.2, 0.25) is 0 Å². The van der Waals surface area contributed by atoms with Crippen molar-refractivity contribution in [3.8, 4) is 0 Å². The summed E-state index contributed by atoms with van der Waals surface area (Å²) in [5.41, 5.74) is 0.269. The zero-order valence-corrected chi connectivity index (χ0v) is 12.6. The van der Waals surface area contributed by atoms with Crippen molar-refractivity contribution in [2.24, 2.45) is 5.92 Å². The highest BCUT2D eigenvalue weighted by Gasteiger charge is 2.35. The minimum Gasteiger partial charge on any atom is -0.394 e. The lowest BCUT2D eigenvalue weighted by molar-refractivity contribution is 0.101. The Bertz CT molecular complexity index is 446. The molecular weight excluding hydrogens is 266 g/mol. The van der Waals surface area contributed by atoms with E-state index in [1.54, 1.807) is 6.20 Å². The molecular formula is C16H25N3O2. The van der Waals surface area contributed by atoms with Gasteiger partial charge in [0.15, 0.2) is 0 Å². The van der Waals surface area contributed by atoms with Crippen LogP contribution in [0.5, 0.6) is 0 Å². The minimum absolute atomic E-state index is 0.0331. The van der Waals surface area contributed by atoms with Crippen LogP contribution in [-0.2, 0) is 6.54 Å². The van der Waals surface area contributed by atoms with Crippen LogP contribution in [0.15, 0.2) is 24.4 Å². The first kappa shape index (κ1) is 15.8. The van der Waals surface area contributed by atoms with Gasteiger partial charge in [-0.25, -0.2) is 4.79 Å². The molecule has 1 aliphatic rings. The van der Waals surface area contributed by atoms with E-state index in [0.717, 1.165) is 18.5 Å². The molecule has 116 valence electrons. The number of urea groups is 1. The number of nitrogens with zero attached hydrogens (tertiary/aromatic N) is 1. The largest absolute Gasteiger partial charge is 0.394 e. The van der Waals surface area contributed by atoms with Gasteiger partial charge in [0.1, 0.15) is 0 Å². The molecule has 1 atom stereocenters. The highest BCUT2D eigenvalue weighted by atomic mass is 16.3. The van der Waals surface area contributed by atoms with Crippen molar-refractivity contribution in [3.63, 3.8) is 0 Å². The van der Waals surface area contributed by atoms with Crippen molar-refractivity contribution < 1.29 is 9.90 Å². The monoisotopic (exact) mass is 291 g/mol. The maximum absolute atomic E-state index is 12.1. The number of rotatable bonds is 5.